The minimum atomic E-state index is 0.450. The average molecular weight is 258 g/mol. The van der Waals surface area contributed by atoms with Gasteiger partial charge in [-0.25, -0.2) is 4.98 Å². The number of hydrogen-bond acceptors (Lipinski definition) is 4. The van der Waals surface area contributed by atoms with Crippen molar-refractivity contribution in [3.63, 3.8) is 0 Å². The lowest BCUT2D eigenvalue weighted by Crippen LogP contribution is -2.01. The second-order valence-corrected chi connectivity index (χ2v) is 4.13. The van der Waals surface area contributed by atoms with Crippen molar-refractivity contribution >= 4 is 5.82 Å². The summed E-state index contributed by atoms with van der Waals surface area (Å²) in [5.41, 5.74) is 1.99. The molecular formula is C15H18N2O2. The number of methoxy groups -OCH3 is 1. The van der Waals surface area contributed by atoms with Gasteiger partial charge in [0.25, 0.3) is 0 Å². The van der Waals surface area contributed by atoms with Gasteiger partial charge in [-0.1, -0.05) is 18.2 Å². The summed E-state index contributed by atoms with van der Waals surface area (Å²) in [6.07, 6.45) is 0. The van der Waals surface area contributed by atoms with Gasteiger partial charge in [0.05, 0.1) is 12.3 Å². The van der Waals surface area contributed by atoms with E-state index in [-0.39, 0.29) is 0 Å². The van der Waals surface area contributed by atoms with Gasteiger partial charge in [-0.05, 0) is 29.8 Å². The molecule has 1 aromatic carbocycles. The maximum atomic E-state index is 5.73. The smallest absolute Gasteiger partial charge is 0.130 e. The first-order valence-electron chi connectivity index (χ1n) is 6.16. The number of benzene rings is 1. The summed E-state index contributed by atoms with van der Waals surface area (Å²) >= 11 is 0. The molecule has 4 heteroatoms. The van der Waals surface area contributed by atoms with Crippen LogP contribution in [0.2, 0.25) is 0 Å². The average Bonchev–Trinajstić information content (AvgIpc) is 2.46. The number of ether oxygens (including phenoxy) is 2. The summed E-state index contributed by atoms with van der Waals surface area (Å²) in [4.78, 5) is 4.40. The Bertz CT molecular complexity index is 529. The Kier molecular flexibility index (Phi) is 4.75. The third-order valence-corrected chi connectivity index (χ3v) is 2.66. The molecule has 0 aliphatic rings. The van der Waals surface area contributed by atoms with Gasteiger partial charge < -0.3 is 14.8 Å². The minimum absolute atomic E-state index is 0.450. The van der Waals surface area contributed by atoms with Crippen LogP contribution in [0.15, 0.2) is 42.5 Å². The maximum Gasteiger partial charge on any atom is 0.130 e. The molecule has 100 valence electrons. The lowest BCUT2D eigenvalue weighted by atomic mass is 10.2. The molecule has 1 aromatic heterocycles. The van der Waals surface area contributed by atoms with E-state index >= 15 is 0 Å². The number of nitrogens with zero attached hydrogens (tertiary/aromatic N) is 1. The second kappa shape index (κ2) is 6.75. The van der Waals surface area contributed by atoms with Gasteiger partial charge in [0, 0.05) is 14.2 Å². The summed E-state index contributed by atoms with van der Waals surface area (Å²) in [6, 6.07) is 13.7. The first kappa shape index (κ1) is 13.4. The molecule has 0 saturated carbocycles. The number of nitrogens with one attached hydrogen (secondary N) is 1. The minimum Gasteiger partial charge on any atom is -0.487 e. The molecule has 0 atom stereocenters. The highest BCUT2D eigenvalue weighted by Gasteiger charge is 2.00. The number of hydrogen-bond donors (Lipinski definition) is 1. The van der Waals surface area contributed by atoms with Crippen LogP contribution in [0.25, 0.3) is 0 Å². The highest BCUT2D eigenvalue weighted by molar-refractivity contribution is 5.34. The Morgan fingerprint density at radius 2 is 1.95 bits per heavy atom. The van der Waals surface area contributed by atoms with Gasteiger partial charge >= 0.3 is 0 Å². The van der Waals surface area contributed by atoms with Gasteiger partial charge in [-0.15, -0.1) is 0 Å². The van der Waals surface area contributed by atoms with E-state index in [0.29, 0.717) is 13.2 Å². The van der Waals surface area contributed by atoms with Crippen LogP contribution < -0.4 is 10.1 Å². The monoisotopic (exact) mass is 258 g/mol. The van der Waals surface area contributed by atoms with E-state index in [1.165, 1.54) is 0 Å². The van der Waals surface area contributed by atoms with Crippen LogP contribution in [0.1, 0.15) is 11.3 Å². The highest BCUT2D eigenvalue weighted by Crippen LogP contribution is 2.15. The fourth-order valence-electron chi connectivity index (χ4n) is 1.75. The van der Waals surface area contributed by atoms with E-state index in [2.05, 4.69) is 10.3 Å². The van der Waals surface area contributed by atoms with Crippen molar-refractivity contribution in [1.82, 2.24) is 4.98 Å². The van der Waals surface area contributed by atoms with E-state index in [9.17, 15) is 0 Å². The summed E-state index contributed by atoms with van der Waals surface area (Å²) in [7, 11) is 3.53. The van der Waals surface area contributed by atoms with Crippen LogP contribution in [0, 0.1) is 0 Å². The lowest BCUT2D eigenvalue weighted by molar-refractivity contribution is 0.184. The predicted molar refractivity (Wildman–Crippen MR) is 75.3 cm³/mol. The van der Waals surface area contributed by atoms with Crippen molar-refractivity contribution in [3.05, 3.63) is 53.7 Å². The third kappa shape index (κ3) is 3.96. The van der Waals surface area contributed by atoms with E-state index in [1.54, 1.807) is 7.11 Å². The van der Waals surface area contributed by atoms with Gasteiger partial charge in [0.2, 0.25) is 0 Å². The first-order chi connectivity index (χ1) is 9.31. The van der Waals surface area contributed by atoms with Gasteiger partial charge in [-0.2, -0.15) is 0 Å². The molecule has 0 fully saturated rings. The summed E-state index contributed by atoms with van der Waals surface area (Å²) < 4.78 is 10.8. The molecule has 4 nitrogen and oxygen atoms in total. The maximum absolute atomic E-state index is 5.73. The van der Waals surface area contributed by atoms with Crippen LogP contribution >= 0.6 is 0 Å². The number of rotatable bonds is 6. The fraction of sp³-hybridized carbons (Fsp3) is 0.267. The largest absolute Gasteiger partial charge is 0.487 e. The zero-order valence-electron chi connectivity index (χ0n) is 11.2. The van der Waals surface area contributed by atoms with Crippen molar-refractivity contribution in [2.24, 2.45) is 0 Å². The first-order valence-corrected chi connectivity index (χ1v) is 6.16. The Hall–Kier alpha value is -2.07. The van der Waals surface area contributed by atoms with E-state index < -0.39 is 0 Å². The SMILES string of the molecule is CNc1cccc(COc2cccc(COC)c2)n1. The van der Waals surface area contributed by atoms with Crippen molar-refractivity contribution in [2.45, 2.75) is 13.2 Å². The molecule has 1 heterocycles. The van der Waals surface area contributed by atoms with E-state index in [0.717, 1.165) is 22.8 Å². The molecular weight excluding hydrogens is 240 g/mol. The number of aromatic nitrogens is 1. The standard InChI is InChI=1S/C15H18N2O2/c1-16-15-8-4-6-13(17-15)11-19-14-7-3-5-12(9-14)10-18-2/h3-9H,10-11H2,1-2H3,(H,16,17). The van der Waals surface area contributed by atoms with Crippen LogP contribution in [0.4, 0.5) is 5.82 Å². The lowest BCUT2D eigenvalue weighted by Gasteiger charge is -2.08. The molecule has 0 aliphatic carbocycles. The molecule has 0 saturated heterocycles. The van der Waals surface area contributed by atoms with E-state index in [1.807, 2.05) is 49.5 Å². The van der Waals surface area contributed by atoms with Crippen LogP contribution in [-0.4, -0.2) is 19.1 Å². The van der Waals surface area contributed by atoms with Crippen molar-refractivity contribution in [1.29, 1.82) is 0 Å². The fourth-order valence-corrected chi connectivity index (χ4v) is 1.75. The zero-order chi connectivity index (χ0) is 13.5. The van der Waals surface area contributed by atoms with Crippen LogP contribution in [0.5, 0.6) is 5.75 Å². The van der Waals surface area contributed by atoms with Gasteiger partial charge in [0.15, 0.2) is 0 Å². The Morgan fingerprint density at radius 3 is 2.74 bits per heavy atom. The normalized spacial score (nSPS) is 10.2. The molecule has 19 heavy (non-hydrogen) atoms. The van der Waals surface area contributed by atoms with Crippen molar-refractivity contribution < 1.29 is 9.47 Å². The van der Waals surface area contributed by atoms with Gasteiger partial charge in [0.1, 0.15) is 18.2 Å². The molecule has 2 aromatic rings. The van der Waals surface area contributed by atoms with Crippen LogP contribution in [0.3, 0.4) is 0 Å². The second-order valence-electron chi connectivity index (χ2n) is 4.13. The molecule has 0 radical (unpaired) electrons. The number of pyridine rings is 1. The van der Waals surface area contributed by atoms with Gasteiger partial charge in [-0.3, -0.25) is 0 Å². The molecule has 1 N–H and O–H groups in total. The summed E-state index contributed by atoms with van der Waals surface area (Å²) in [5.74, 6) is 1.67. The Balaban J connectivity index is 1.99. The topological polar surface area (TPSA) is 43.4 Å². The third-order valence-electron chi connectivity index (χ3n) is 2.66. The van der Waals surface area contributed by atoms with E-state index in [4.69, 9.17) is 9.47 Å². The summed E-state index contributed by atoms with van der Waals surface area (Å²) in [6.45, 7) is 1.04. The van der Waals surface area contributed by atoms with Crippen molar-refractivity contribution in [2.75, 3.05) is 19.5 Å². The number of anilines is 1. The molecule has 0 amide bonds. The quantitative estimate of drug-likeness (QED) is 0.865. The van der Waals surface area contributed by atoms with Crippen LogP contribution in [-0.2, 0) is 18.0 Å². The summed E-state index contributed by atoms with van der Waals surface area (Å²) in [5, 5.41) is 3.01. The Morgan fingerprint density at radius 1 is 1.11 bits per heavy atom. The predicted octanol–water partition coefficient (Wildman–Crippen LogP) is 2.85. The highest BCUT2D eigenvalue weighted by atomic mass is 16.5. The molecule has 0 unspecified atom stereocenters. The Labute approximate surface area is 113 Å². The zero-order valence-corrected chi connectivity index (χ0v) is 11.2. The molecule has 0 spiro atoms. The molecule has 0 aliphatic heterocycles. The molecule has 2 rings (SSSR count). The molecule has 0 bridgehead atoms. The van der Waals surface area contributed by atoms with Crippen molar-refractivity contribution in [3.8, 4) is 5.75 Å².